The maximum Gasteiger partial charge on any atom is 0.358 e. The topological polar surface area (TPSA) is 55.3 Å². The van der Waals surface area contributed by atoms with Gasteiger partial charge in [-0.25, -0.2) is 14.8 Å². The number of hydrogen-bond donors (Lipinski definition) is 0. The Labute approximate surface area is 153 Å². The van der Waals surface area contributed by atoms with Crippen LogP contribution in [0.1, 0.15) is 51.8 Å². The highest BCUT2D eigenvalue weighted by atomic mass is 35.5. The summed E-state index contributed by atoms with van der Waals surface area (Å²) < 4.78 is 4.82. The minimum Gasteiger partial charge on any atom is -0.464 e. The van der Waals surface area contributed by atoms with Gasteiger partial charge < -0.3 is 9.64 Å². The van der Waals surface area contributed by atoms with E-state index >= 15 is 0 Å². The number of carbonyl (C=O) groups excluding carboxylic acids is 1. The molecule has 0 spiro atoms. The number of ether oxygens (including phenoxy) is 1. The third kappa shape index (κ3) is 3.76. The fourth-order valence-corrected chi connectivity index (χ4v) is 3.02. The van der Waals surface area contributed by atoms with Gasteiger partial charge in [-0.2, -0.15) is 0 Å². The third-order valence-electron chi connectivity index (χ3n) is 4.52. The van der Waals surface area contributed by atoms with Gasteiger partial charge in [0.1, 0.15) is 10.8 Å². The molecule has 0 aliphatic heterocycles. The molecular formula is C19H22ClN3O2. The molecular weight excluding hydrogens is 338 g/mol. The number of halogens is 1. The molecule has 25 heavy (non-hydrogen) atoms. The molecule has 0 N–H and O–H groups in total. The van der Waals surface area contributed by atoms with Crippen LogP contribution in [0.5, 0.6) is 0 Å². The van der Waals surface area contributed by atoms with Crippen molar-refractivity contribution in [2.45, 2.75) is 39.2 Å². The van der Waals surface area contributed by atoms with E-state index in [1.54, 1.807) is 0 Å². The molecule has 3 rings (SSSR count). The molecule has 1 aromatic heterocycles. The number of aromatic nitrogens is 2. The zero-order valence-electron chi connectivity index (χ0n) is 15.0. The number of aryl methyl sites for hydroxylation is 2. The van der Waals surface area contributed by atoms with Crippen LogP contribution in [-0.4, -0.2) is 30.1 Å². The molecule has 0 bridgehead atoms. The summed E-state index contributed by atoms with van der Waals surface area (Å²) in [7, 11) is 3.25. The van der Waals surface area contributed by atoms with Crippen LogP contribution in [-0.2, 0) is 11.3 Å². The van der Waals surface area contributed by atoms with E-state index in [0.717, 1.165) is 18.4 Å². The number of esters is 1. The van der Waals surface area contributed by atoms with E-state index in [9.17, 15) is 4.79 Å². The Hall–Kier alpha value is -2.14. The second-order valence-electron chi connectivity index (χ2n) is 6.61. The Morgan fingerprint density at radius 3 is 2.60 bits per heavy atom. The Kier molecular flexibility index (Phi) is 4.95. The summed E-state index contributed by atoms with van der Waals surface area (Å²) in [6.45, 7) is 4.83. The number of rotatable bonds is 5. The van der Waals surface area contributed by atoms with Crippen molar-refractivity contribution in [3.05, 3.63) is 51.4 Å². The average molecular weight is 360 g/mol. The van der Waals surface area contributed by atoms with E-state index in [4.69, 9.17) is 16.3 Å². The molecule has 5 nitrogen and oxygen atoms in total. The zero-order chi connectivity index (χ0) is 18.1. The van der Waals surface area contributed by atoms with Crippen LogP contribution in [0.4, 0.5) is 5.82 Å². The molecule has 1 heterocycles. The highest BCUT2D eigenvalue weighted by Gasteiger charge is 2.30. The monoisotopic (exact) mass is 359 g/mol. The minimum absolute atomic E-state index is 0.142. The minimum atomic E-state index is -0.532. The first kappa shape index (κ1) is 17.7. The average Bonchev–Trinajstić information content (AvgIpc) is 3.42. The maximum absolute atomic E-state index is 12.0. The summed E-state index contributed by atoms with van der Waals surface area (Å²) in [5.41, 5.74) is 3.81. The Morgan fingerprint density at radius 2 is 2.00 bits per heavy atom. The van der Waals surface area contributed by atoms with Gasteiger partial charge in [0.05, 0.1) is 7.11 Å². The first-order valence-corrected chi connectivity index (χ1v) is 8.71. The summed E-state index contributed by atoms with van der Waals surface area (Å²) in [5.74, 6) is 1.02. The van der Waals surface area contributed by atoms with Crippen molar-refractivity contribution in [1.82, 2.24) is 9.97 Å². The predicted octanol–water partition coefficient (Wildman–Crippen LogP) is 4.05. The van der Waals surface area contributed by atoms with Gasteiger partial charge in [-0.1, -0.05) is 29.8 Å². The van der Waals surface area contributed by atoms with Crippen molar-refractivity contribution in [2.24, 2.45) is 0 Å². The second kappa shape index (κ2) is 7.00. The maximum atomic E-state index is 12.0. The molecule has 2 aromatic rings. The molecule has 0 radical (unpaired) electrons. The molecule has 1 saturated carbocycles. The van der Waals surface area contributed by atoms with E-state index in [2.05, 4.69) is 42.0 Å². The van der Waals surface area contributed by atoms with E-state index in [-0.39, 0.29) is 10.7 Å². The number of nitrogens with zero attached hydrogens (tertiary/aromatic N) is 3. The zero-order valence-corrected chi connectivity index (χ0v) is 15.7. The lowest BCUT2D eigenvalue weighted by molar-refractivity contribution is 0.0593. The van der Waals surface area contributed by atoms with Gasteiger partial charge in [0.2, 0.25) is 0 Å². The smallest absolute Gasteiger partial charge is 0.358 e. The van der Waals surface area contributed by atoms with Crippen molar-refractivity contribution in [2.75, 3.05) is 19.1 Å². The van der Waals surface area contributed by atoms with Crippen LogP contribution >= 0.6 is 11.6 Å². The highest BCUT2D eigenvalue weighted by Crippen LogP contribution is 2.40. The summed E-state index contributed by atoms with van der Waals surface area (Å²) in [5, 5.41) is 0.239. The van der Waals surface area contributed by atoms with Crippen molar-refractivity contribution >= 4 is 23.4 Å². The summed E-state index contributed by atoms with van der Waals surface area (Å²) in [4.78, 5) is 22.9. The number of benzene rings is 1. The third-order valence-corrected chi connectivity index (χ3v) is 4.87. The van der Waals surface area contributed by atoms with E-state index in [0.29, 0.717) is 24.1 Å². The molecule has 1 aliphatic rings. The first-order chi connectivity index (χ1) is 11.9. The normalized spacial score (nSPS) is 13.6. The predicted molar refractivity (Wildman–Crippen MR) is 98.4 cm³/mol. The molecule has 1 aliphatic carbocycles. The first-order valence-electron chi connectivity index (χ1n) is 8.33. The molecule has 0 atom stereocenters. The number of hydrogen-bond acceptors (Lipinski definition) is 5. The SMILES string of the molecule is COC(=O)c1nc(C2CC2)nc(N(C)Cc2ccc(C)c(C)c2)c1Cl. The Bertz CT molecular complexity index is 819. The fraction of sp³-hybridized carbons (Fsp3) is 0.421. The van der Waals surface area contributed by atoms with Gasteiger partial charge in [-0.05, 0) is 43.4 Å². The number of carbonyl (C=O) groups is 1. The van der Waals surface area contributed by atoms with Gasteiger partial charge in [-0.3, -0.25) is 0 Å². The molecule has 0 saturated heterocycles. The van der Waals surface area contributed by atoms with Crippen LogP contribution < -0.4 is 4.90 Å². The van der Waals surface area contributed by atoms with Gasteiger partial charge in [0.15, 0.2) is 11.5 Å². The lowest BCUT2D eigenvalue weighted by Crippen LogP contribution is -2.21. The summed E-state index contributed by atoms with van der Waals surface area (Å²) in [6.07, 6.45) is 2.09. The molecule has 6 heteroatoms. The van der Waals surface area contributed by atoms with Gasteiger partial charge in [0.25, 0.3) is 0 Å². The second-order valence-corrected chi connectivity index (χ2v) is 6.99. The van der Waals surface area contributed by atoms with Crippen LogP contribution in [0, 0.1) is 13.8 Å². The lowest BCUT2D eigenvalue weighted by atomic mass is 10.1. The Morgan fingerprint density at radius 1 is 1.28 bits per heavy atom. The summed E-state index contributed by atoms with van der Waals surface area (Å²) in [6, 6.07) is 6.36. The fourth-order valence-electron chi connectivity index (χ4n) is 2.71. The van der Waals surface area contributed by atoms with Crippen molar-refractivity contribution in [1.29, 1.82) is 0 Å². The molecule has 132 valence electrons. The van der Waals surface area contributed by atoms with Crippen LogP contribution in [0.2, 0.25) is 5.02 Å². The van der Waals surface area contributed by atoms with Gasteiger partial charge in [0, 0.05) is 19.5 Å². The highest BCUT2D eigenvalue weighted by molar-refractivity contribution is 6.35. The van der Waals surface area contributed by atoms with E-state index in [1.165, 1.54) is 18.2 Å². The quantitative estimate of drug-likeness (QED) is 0.754. The Balaban J connectivity index is 1.95. The van der Waals surface area contributed by atoms with Crippen molar-refractivity contribution in [3.8, 4) is 0 Å². The van der Waals surface area contributed by atoms with Crippen LogP contribution in [0.3, 0.4) is 0 Å². The largest absolute Gasteiger partial charge is 0.464 e. The molecule has 0 amide bonds. The van der Waals surface area contributed by atoms with Crippen LogP contribution in [0.25, 0.3) is 0 Å². The van der Waals surface area contributed by atoms with Crippen LogP contribution in [0.15, 0.2) is 18.2 Å². The van der Waals surface area contributed by atoms with Gasteiger partial charge >= 0.3 is 5.97 Å². The number of methoxy groups -OCH3 is 1. The van der Waals surface area contributed by atoms with E-state index < -0.39 is 5.97 Å². The van der Waals surface area contributed by atoms with Crippen molar-refractivity contribution in [3.63, 3.8) is 0 Å². The number of anilines is 1. The van der Waals surface area contributed by atoms with E-state index in [1.807, 2.05) is 11.9 Å². The standard InChI is InChI=1S/C19H22ClN3O2/c1-11-5-6-13(9-12(11)2)10-23(3)18-15(20)16(19(24)25-4)21-17(22-18)14-7-8-14/h5-6,9,14H,7-8,10H2,1-4H3. The molecule has 1 fully saturated rings. The molecule has 1 aromatic carbocycles. The summed E-state index contributed by atoms with van der Waals surface area (Å²) >= 11 is 6.43. The lowest BCUT2D eigenvalue weighted by Gasteiger charge is -2.21. The van der Waals surface area contributed by atoms with Crippen molar-refractivity contribution < 1.29 is 9.53 Å². The molecule has 0 unspecified atom stereocenters. The van der Waals surface area contributed by atoms with Gasteiger partial charge in [-0.15, -0.1) is 0 Å².